The third-order valence-electron chi connectivity index (χ3n) is 4.86. The van der Waals surface area contributed by atoms with E-state index < -0.39 is 0 Å². The van der Waals surface area contributed by atoms with Crippen LogP contribution in [-0.2, 0) is 11.2 Å². The Kier molecular flexibility index (Phi) is 4.16. The van der Waals surface area contributed by atoms with Gasteiger partial charge in [0.2, 0.25) is 5.91 Å². The summed E-state index contributed by atoms with van der Waals surface area (Å²) < 4.78 is 0. The van der Waals surface area contributed by atoms with Gasteiger partial charge in [-0.05, 0) is 42.7 Å². The van der Waals surface area contributed by atoms with Gasteiger partial charge >= 0.3 is 0 Å². The molecule has 0 radical (unpaired) electrons. The molecule has 1 amide bonds. The number of carbonyl (C=O) groups excluding carboxylic acids is 1. The zero-order valence-electron chi connectivity index (χ0n) is 11.9. The van der Waals surface area contributed by atoms with E-state index in [1.54, 1.807) is 0 Å². The fourth-order valence-electron chi connectivity index (χ4n) is 3.65. The molecule has 1 aromatic rings. The number of alkyl halides is 1. The lowest BCUT2D eigenvalue weighted by atomic mass is 9.87. The van der Waals surface area contributed by atoms with E-state index in [0.717, 1.165) is 30.4 Å². The zero-order chi connectivity index (χ0) is 14.0. The minimum Gasteiger partial charge on any atom is -0.312 e. The largest absolute Gasteiger partial charge is 0.312 e. The standard InChI is InChI=1S/C17H22BrNO/c18-12-17(10-3-4-11-17)13-19-15-8-2-1-6-14(15)7-5-9-16(19)20/h1-2,6,8H,3-5,7,9-13H2. The first kappa shape index (κ1) is 14.1. The molecule has 20 heavy (non-hydrogen) atoms. The minimum atomic E-state index is 0.285. The molecule has 3 rings (SSSR count). The van der Waals surface area contributed by atoms with Crippen molar-refractivity contribution in [3.8, 4) is 0 Å². The molecule has 0 atom stereocenters. The van der Waals surface area contributed by atoms with Gasteiger partial charge in [0, 0.05) is 24.0 Å². The van der Waals surface area contributed by atoms with Crippen LogP contribution in [0.2, 0.25) is 0 Å². The van der Waals surface area contributed by atoms with Crippen molar-refractivity contribution < 1.29 is 4.79 Å². The molecule has 3 heteroatoms. The third kappa shape index (κ3) is 2.65. The average molecular weight is 336 g/mol. The summed E-state index contributed by atoms with van der Waals surface area (Å²) in [6, 6.07) is 8.44. The Morgan fingerprint density at radius 3 is 2.60 bits per heavy atom. The van der Waals surface area contributed by atoms with E-state index in [1.165, 1.54) is 31.2 Å². The highest BCUT2D eigenvalue weighted by Gasteiger charge is 2.37. The lowest BCUT2D eigenvalue weighted by Crippen LogP contribution is -2.41. The molecular weight excluding hydrogens is 314 g/mol. The Morgan fingerprint density at radius 2 is 1.85 bits per heavy atom. The van der Waals surface area contributed by atoms with Gasteiger partial charge in [-0.3, -0.25) is 4.79 Å². The molecule has 2 aliphatic rings. The molecule has 0 unspecified atom stereocenters. The minimum absolute atomic E-state index is 0.285. The van der Waals surface area contributed by atoms with Crippen molar-refractivity contribution >= 4 is 27.5 Å². The normalized spacial score (nSPS) is 21.6. The molecule has 1 aromatic carbocycles. The van der Waals surface area contributed by atoms with Crippen LogP contribution in [0.25, 0.3) is 0 Å². The van der Waals surface area contributed by atoms with Crippen molar-refractivity contribution in [1.82, 2.24) is 0 Å². The van der Waals surface area contributed by atoms with Crippen LogP contribution in [0.5, 0.6) is 0 Å². The fraction of sp³-hybridized carbons (Fsp3) is 0.588. The van der Waals surface area contributed by atoms with Crippen LogP contribution in [0.4, 0.5) is 5.69 Å². The predicted molar refractivity (Wildman–Crippen MR) is 86.4 cm³/mol. The monoisotopic (exact) mass is 335 g/mol. The van der Waals surface area contributed by atoms with Crippen LogP contribution >= 0.6 is 15.9 Å². The van der Waals surface area contributed by atoms with Crippen LogP contribution in [0.3, 0.4) is 0 Å². The maximum absolute atomic E-state index is 12.5. The SMILES string of the molecule is O=C1CCCc2ccccc2N1CC1(CBr)CCCC1. The number of aryl methyl sites for hydroxylation is 1. The van der Waals surface area contributed by atoms with Crippen molar-refractivity contribution in [2.45, 2.75) is 44.9 Å². The Balaban J connectivity index is 1.92. The first-order chi connectivity index (χ1) is 9.74. The molecule has 2 nitrogen and oxygen atoms in total. The summed E-state index contributed by atoms with van der Waals surface area (Å²) in [6.45, 7) is 0.883. The van der Waals surface area contributed by atoms with Crippen molar-refractivity contribution in [3.05, 3.63) is 29.8 Å². The highest BCUT2D eigenvalue weighted by molar-refractivity contribution is 9.09. The summed E-state index contributed by atoms with van der Waals surface area (Å²) in [5.41, 5.74) is 2.77. The summed E-state index contributed by atoms with van der Waals surface area (Å²) in [4.78, 5) is 14.6. The molecule has 0 N–H and O–H groups in total. The van der Waals surface area contributed by atoms with E-state index >= 15 is 0 Å². The van der Waals surface area contributed by atoms with Gasteiger partial charge in [0.05, 0.1) is 0 Å². The van der Waals surface area contributed by atoms with Crippen molar-refractivity contribution in [2.24, 2.45) is 5.41 Å². The summed E-state index contributed by atoms with van der Waals surface area (Å²) in [5.74, 6) is 0.308. The Labute approximate surface area is 129 Å². The summed E-state index contributed by atoms with van der Waals surface area (Å²) >= 11 is 3.70. The van der Waals surface area contributed by atoms with Gasteiger partial charge in [-0.1, -0.05) is 47.0 Å². The summed E-state index contributed by atoms with van der Waals surface area (Å²) in [7, 11) is 0. The molecule has 1 aliphatic carbocycles. The Bertz CT molecular complexity index is 494. The number of anilines is 1. The quantitative estimate of drug-likeness (QED) is 0.753. The Morgan fingerprint density at radius 1 is 1.10 bits per heavy atom. The van der Waals surface area contributed by atoms with E-state index in [0.29, 0.717) is 12.3 Å². The van der Waals surface area contributed by atoms with E-state index in [4.69, 9.17) is 0 Å². The van der Waals surface area contributed by atoms with Gasteiger partial charge < -0.3 is 4.90 Å². The molecule has 1 fully saturated rings. The second kappa shape index (κ2) is 5.88. The lowest BCUT2D eigenvalue weighted by Gasteiger charge is -2.34. The topological polar surface area (TPSA) is 20.3 Å². The number of hydrogen-bond acceptors (Lipinski definition) is 1. The summed E-state index contributed by atoms with van der Waals surface area (Å²) in [5, 5.41) is 1.01. The predicted octanol–water partition coefficient (Wildman–Crippen LogP) is 4.31. The number of para-hydroxylation sites is 1. The van der Waals surface area contributed by atoms with Crippen molar-refractivity contribution in [2.75, 3.05) is 16.8 Å². The van der Waals surface area contributed by atoms with Crippen LogP contribution in [0.1, 0.15) is 44.1 Å². The maximum atomic E-state index is 12.5. The number of halogens is 1. The molecule has 1 heterocycles. The van der Waals surface area contributed by atoms with Gasteiger partial charge in [-0.2, -0.15) is 0 Å². The molecule has 0 saturated heterocycles. The van der Waals surface area contributed by atoms with Gasteiger partial charge in [-0.25, -0.2) is 0 Å². The second-order valence-corrected chi connectivity index (χ2v) is 6.86. The smallest absolute Gasteiger partial charge is 0.227 e. The Hall–Kier alpha value is -0.830. The van der Waals surface area contributed by atoms with E-state index in [2.05, 4.69) is 45.1 Å². The second-order valence-electron chi connectivity index (χ2n) is 6.30. The highest BCUT2D eigenvalue weighted by atomic mass is 79.9. The van der Waals surface area contributed by atoms with Crippen LogP contribution in [0.15, 0.2) is 24.3 Å². The number of rotatable bonds is 3. The van der Waals surface area contributed by atoms with E-state index in [-0.39, 0.29) is 5.41 Å². The van der Waals surface area contributed by atoms with E-state index in [9.17, 15) is 4.79 Å². The van der Waals surface area contributed by atoms with Gasteiger partial charge in [-0.15, -0.1) is 0 Å². The summed E-state index contributed by atoms with van der Waals surface area (Å²) in [6.07, 6.45) is 7.78. The maximum Gasteiger partial charge on any atom is 0.227 e. The molecule has 0 spiro atoms. The van der Waals surface area contributed by atoms with Gasteiger partial charge in [0.1, 0.15) is 0 Å². The van der Waals surface area contributed by atoms with Gasteiger partial charge in [0.15, 0.2) is 0 Å². The molecule has 0 bridgehead atoms. The first-order valence-electron chi connectivity index (χ1n) is 7.68. The number of amides is 1. The van der Waals surface area contributed by atoms with E-state index in [1.807, 2.05) is 0 Å². The first-order valence-corrected chi connectivity index (χ1v) is 8.80. The molecule has 108 valence electrons. The van der Waals surface area contributed by atoms with Crippen molar-refractivity contribution in [1.29, 1.82) is 0 Å². The number of fused-ring (bicyclic) bond motifs is 1. The van der Waals surface area contributed by atoms with Crippen LogP contribution in [0, 0.1) is 5.41 Å². The van der Waals surface area contributed by atoms with Crippen LogP contribution < -0.4 is 4.90 Å². The molecule has 1 aliphatic heterocycles. The molecular formula is C17H22BrNO. The third-order valence-corrected chi connectivity index (χ3v) is 6.05. The van der Waals surface area contributed by atoms with Crippen molar-refractivity contribution in [3.63, 3.8) is 0 Å². The lowest BCUT2D eigenvalue weighted by molar-refractivity contribution is -0.118. The highest BCUT2D eigenvalue weighted by Crippen LogP contribution is 2.42. The fourth-order valence-corrected chi connectivity index (χ4v) is 4.39. The zero-order valence-corrected chi connectivity index (χ0v) is 13.5. The number of benzene rings is 1. The van der Waals surface area contributed by atoms with Gasteiger partial charge in [0.25, 0.3) is 0 Å². The number of carbonyl (C=O) groups is 1. The van der Waals surface area contributed by atoms with Crippen LogP contribution in [-0.4, -0.2) is 17.8 Å². The molecule has 0 aromatic heterocycles. The molecule has 1 saturated carbocycles. The number of nitrogens with zero attached hydrogens (tertiary/aromatic N) is 1. The average Bonchev–Trinajstić information content (AvgIpc) is 2.88. The number of hydrogen-bond donors (Lipinski definition) is 0.